The molecule has 0 amide bonds. The Labute approximate surface area is 83.3 Å². The van der Waals surface area contributed by atoms with Crippen molar-refractivity contribution >= 4 is 0 Å². The summed E-state index contributed by atoms with van der Waals surface area (Å²) < 4.78 is 0. The fourth-order valence-electron chi connectivity index (χ4n) is 1.36. The third kappa shape index (κ3) is 11.9. The van der Waals surface area contributed by atoms with Gasteiger partial charge in [0.2, 0.25) is 0 Å². The summed E-state index contributed by atoms with van der Waals surface area (Å²) in [5.74, 6) is 0. The minimum absolute atomic E-state index is 0.292. The highest BCUT2D eigenvalue weighted by molar-refractivity contribution is 4.57. The molecule has 0 heterocycles. The quantitative estimate of drug-likeness (QED) is 0.542. The first-order valence-electron chi connectivity index (χ1n) is 5.73. The number of rotatable bonds is 9. The Morgan fingerprint density at radius 3 is 2.31 bits per heavy atom. The first kappa shape index (κ1) is 12.9. The molecule has 0 aliphatic heterocycles. The zero-order valence-electron chi connectivity index (χ0n) is 9.31. The summed E-state index contributed by atoms with van der Waals surface area (Å²) in [6.07, 6.45) is 8.20. The minimum atomic E-state index is 0.292. The summed E-state index contributed by atoms with van der Waals surface area (Å²) in [6, 6.07) is 0.292. The van der Waals surface area contributed by atoms with Gasteiger partial charge in [-0.15, -0.1) is 0 Å². The molecule has 0 rings (SSSR count). The SMILES string of the molecule is CCCCCCCCNCC(C)N. The third-order valence-corrected chi connectivity index (χ3v) is 2.17. The van der Waals surface area contributed by atoms with Gasteiger partial charge in [0.15, 0.2) is 0 Å². The predicted molar refractivity (Wildman–Crippen MR) is 59.9 cm³/mol. The predicted octanol–water partition coefficient (Wildman–Crippen LogP) is 2.28. The molecule has 3 N–H and O–H groups in total. The molecule has 0 aliphatic carbocycles. The molecular formula is C11H26N2. The van der Waals surface area contributed by atoms with Crippen LogP contribution in [-0.2, 0) is 0 Å². The number of nitrogens with two attached hydrogens (primary N) is 1. The van der Waals surface area contributed by atoms with Crippen LogP contribution in [-0.4, -0.2) is 19.1 Å². The largest absolute Gasteiger partial charge is 0.327 e. The van der Waals surface area contributed by atoms with E-state index in [-0.39, 0.29) is 0 Å². The standard InChI is InChI=1S/C11H26N2/c1-3-4-5-6-7-8-9-13-10-11(2)12/h11,13H,3-10,12H2,1-2H3. The van der Waals surface area contributed by atoms with Gasteiger partial charge in [-0.2, -0.15) is 0 Å². The molecule has 1 atom stereocenters. The van der Waals surface area contributed by atoms with Crippen LogP contribution in [0.1, 0.15) is 52.4 Å². The van der Waals surface area contributed by atoms with Gasteiger partial charge in [0, 0.05) is 12.6 Å². The molecule has 80 valence electrons. The van der Waals surface area contributed by atoms with E-state index < -0.39 is 0 Å². The second kappa shape index (κ2) is 10.0. The molecule has 0 saturated carbocycles. The molecule has 0 aliphatic rings. The Morgan fingerprint density at radius 2 is 1.69 bits per heavy atom. The van der Waals surface area contributed by atoms with Crippen LogP contribution in [0.5, 0.6) is 0 Å². The smallest absolute Gasteiger partial charge is 0.0136 e. The maximum Gasteiger partial charge on any atom is 0.0136 e. The van der Waals surface area contributed by atoms with Crippen LogP contribution in [0.3, 0.4) is 0 Å². The topological polar surface area (TPSA) is 38.0 Å². The normalized spacial score (nSPS) is 13.2. The fourth-order valence-corrected chi connectivity index (χ4v) is 1.36. The Hall–Kier alpha value is -0.0800. The van der Waals surface area contributed by atoms with Crippen molar-refractivity contribution in [1.29, 1.82) is 0 Å². The van der Waals surface area contributed by atoms with Gasteiger partial charge in [0.1, 0.15) is 0 Å². The number of nitrogens with one attached hydrogen (secondary N) is 1. The van der Waals surface area contributed by atoms with Crippen molar-refractivity contribution in [2.45, 2.75) is 58.4 Å². The molecule has 0 fully saturated rings. The Bertz CT molecular complexity index is 92.1. The van der Waals surface area contributed by atoms with Gasteiger partial charge in [0.25, 0.3) is 0 Å². The third-order valence-electron chi connectivity index (χ3n) is 2.17. The molecule has 0 radical (unpaired) electrons. The van der Waals surface area contributed by atoms with E-state index in [1.165, 1.54) is 38.5 Å². The first-order valence-corrected chi connectivity index (χ1v) is 5.73. The summed E-state index contributed by atoms with van der Waals surface area (Å²) in [6.45, 7) is 6.38. The Morgan fingerprint density at radius 1 is 1.08 bits per heavy atom. The number of unbranched alkanes of at least 4 members (excludes halogenated alkanes) is 5. The lowest BCUT2D eigenvalue weighted by Crippen LogP contribution is -2.31. The van der Waals surface area contributed by atoms with Gasteiger partial charge >= 0.3 is 0 Å². The van der Waals surface area contributed by atoms with Crippen LogP contribution in [0.15, 0.2) is 0 Å². The lowest BCUT2D eigenvalue weighted by atomic mass is 10.1. The van der Waals surface area contributed by atoms with Crippen LogP contribution in [0.4, 0.5) is 0 Å². The van der Waals surface area contributed by atoms with Gasteiger partial charge in [-0.3, -0.25) is 0 Å². The van der Waals surface area contributed by atoms with Crippen molar-refractivity contribution in [2.24, 2.45) is 5.73 Å². The zero-order valence-corrected chi connectivity index (χ0v) is 9.31. The van der Waals surface area contributed by atoms with Crippen molar-refractivity contribution in [3.8, 4) is 0 Å². The molecule has 2 heteroatoms. The lowest BCUT2D eigenvalue weighted by Gasteiger charge is -2.06. The monoisotopic (exact) mass is 186 g/mol. The average Bonchev–Trinajstić information content (AvgIpc) is 2.09. The Balaban J connectivity index is 2.84. The minimum Gasteiger partial charge on any atom is -0.327 e. The lowest BCUT2D eigenvalue weighted by molar-refractivity contribution is 0.551. The molecule has 0 saturated heterocycles. The zero-order chi connectivity index (χ0) is 9.94. The maximum atomic E-state index is 5.61. The number of hydrogen-bond donors (Lipinski definition) is 2. The van der Waals surface area contributed by atoms with Crippen molar-refractivity contribution in [3.05, 3.63) is 0 Å². The van der Waals surface area contributed by atoms with E-state index in [1.807, 2.05) is 6.92 Å². The van der Waals surface area contributed by atoms with Crippen molar-refractivity contribution in [3.63, 3.8) is 0 Å². The molecule has 0 spiro atoms. The summed E-state index contributed by atoms with van der Waals surface area (Å²) in [5, 5.41) is 3.35. The molecule has 1 unspecified atom stereocenters. The highest BCUT2D eigenvalue weighted by Crippen LogP contribution is 2.03. The average molecular weight is 186 g/mol. The second-order valence-electron chi connectivity index (χ2n) is 3.95. The van der Waals surface area contributed by atoms with Gasteiger partial charge in [-0.1, -0.05) is 39.0 Å². The second-order valence-corrected chi connectivity index (χ2v) is 3.95. The molecule has 2 nitrogen and oxygen atoms in total. The van der Waals surface area contributed by atoms with E-state index >= 15 is 0 Å². The summed E-state index contributed by atoms with van der Waals surface area (Å²) >= 11 is 0. The molecule has 0 aromatic rings. The van der Waals surface area contributed by atoms with E-state index in [0.29, 0.717) is 6.04 Å². The van der Waals surface area contributed by atoms with Crippen molar-refractivity contribution in [2.75, 3.05) is 13.1 Å². The van der Waals surface area contributed by atoms with E-state index in [2.05, 4.69) is 12.2 Å². The van der Waals surface area contributed by atoms with Crippen LogP contribution in [0, 0.1) is 0 Å². The first-order chi connectivity index (χ1) is 6.27. The highest BCUT2D eigenvalue weighted by atomic mass is 14.9. The van der Waals surface area contributed by atoms with Crippen LogP contribution < -0.4 is 11.1 Å². The molecule has 13 heavy (non-hydrogen) atoms. The highest BCUT2D eigenvalue weighted by Gasteiger charge is 1.92. The molecule has 0 aromatic heterocycles. The van der Waals surface area contributed by atoms with E-state index in [4.69, 9.17) is 5.73 Å². The van der Waals surface area contributed by atoms with Crippen LogP contribution in [0.25, 0.3) is 0 Å². The van der Waals surface area contributed by atoms with Gasteiger partial charge in [-0.25, -0.2) is 0 Å². The Kier molecular flexibility index (Phi) is 9.94. The molecular weight excluding hydrogens is 160 g/mol. The number of hydrogen-bond acceptors (Lipinski definition) is 2. The van der Waals surface area contributed by atoms with Crippen LogP contribution in [0.2, 0.25) is 0 Å². The van der Waals surface area contributed by atoms with Crippen molar-refractivity contribution in [1.82, 2.24) is 5.32 Å². The molecule has 0 bridgehead atoms. The van der Waals surface area contributed by atoms with Gasteiger partial charge in [-0.05, 0) is 19.9 Å². The summed E-state index contributed by atoms with van der Waals surface area (Å²) in [5.41, 5.74) is 5.61. The van der Waals surface area contributed by atoms with Gasteiger partial charge in [0.05, 0.1) is 0 Å². The summed E-state index contributed by atoms with van der Waals surface area (Å²) in [4.78, 5) is 0. The van der Waals surface area contributed by atoms with Gasteiger partial charge < -0.3 is 11.1 Å². The van der Waals surface area contributed by atoms with Crippen LogP contribution >= 0.6 is 0 Å². The van der Waals surface area contributed by atoms with E-state index in [9.17, 15) is 0 Å². The van der Waals surface area contributed by atoms with Crippen molar-refractivity contribution < 1.29 is 0 Å². The summed E-state index contributed by atoms with van der Waals surface area (Å²) in [7, 11) is 0. The van der Waals surface area contributed by atoms with E-state index in [0.717, 1.165) is 13.1 Å². The van der Waals surface area contributed by atoms with E-state index in [1.54, 1.807) is 0 Å². The maximum absolute atomic E-state index is 5.61. The fraction of sp³-hybridized carbons (Fsp3) is 1.00. The molecule has 0 aromatic carbocycles.